The van der Waals surface area contributed by atoms with E-state index in [2.05, 4.69) is 25.3 Å². The topological polar surface area (TPSA) is 259 Å². The number of fused-ring (bicyclic) bond motifs is 4. The first-order valence-corrected chi connectivity index (χ1v) is 29.1. The number of sulfone groups is 2. The highest BCUT2D eigenvalue weighted by Crippen LogP contribution is 2.47. The lowest BCUT2D eigenvalue weighted by atomic mass is 9.84. The van der Waals surface area contributed by atoms with Crippen molar-refractivity contribution in [3.8, 4) is 11.8 Å². The Morgan fingerprint density at radius 1 is 0.632 bits per heavy atom. The molecule has 2 saturated heterocycles. The monoisotopic (exact) mass is 1110 g/mol. The average Bonchev–Trinajstić information content (AvgIpc) is 4.15. The Morgan fingerprint density at radius 3 is 1.46 bits per heavy atom. The largest absolute Gasteiger partial charge is 0.515 e. The molecular formula is C52H54N6O14S4. The van der Waals surface area contributed by atoms with Gasteiger partial charge in [-0.25, -0.2) is 26.4 Å². The fourth-order valence-corrected chi connectivity index (χ4v) is 14.4. The molecule has 24 heteroatoms. The van der Waals surface area contributed by atoms with Crippen molar-refractivity contribution in [1.82, 2.24) is 9.97 Å². The van der Waals surface area contributed by atoms with Gasteiger partial charge in [0, 0.05) is 40.5 Å². The Bertz CT molecular complexity index is 3370. The highest BCUT2D eigenvalue weighted by molar-refractivity contribution is 7.92. The molecule has 2 amide bonds. The van der Waals surface area contributed by atoms with Gasteiger partial charge in [0.15, 0.2) is 10.3 Å². The molecule has 6 heterocycles. The number of nitrogens with zero attached hydrogens (tertiary/aromatic N) is 4. The number of rotatable bonds is 13. The predicted octanol–water partition coefficient (Wildman–Crippen LogP) is 9.78. The third kappa shape index (κ3) is 11.7. The number of ether oxygens (including phenoxy) is 5. The Morgan fingerprint density at radius 2 is 1.04 bits per heavy atom. The zero-order valence-electron chi connectivity index (χ0n) is 41.5. The second-order valence-corrected chi connectivity index (χ2v) is 23.8. The molecular weight excluding hydrogens is 1060 g/mol. The van der Waals surface area contributed by atoms with Gasteiger partial charge in [0.1, 0.15) is 0 Å². The van der Waals surface area contributed by atoms with Crippen LogP contribution in [0.5, 0.6) is 11.8 Å². The highest BCUT2D eigenvalue weighted by Gasteiger charge is 2.37. The lowest BCUT2D eigenvalue weighted by Gasteiger charge is -2.31. The average molecular weight is 1120 g/mol. The van der Waals surface area contributed by atoms with E-state index in [1.807, 2.05) is 23.9 Å². The van der Waals surface area contributed by atoms with Crippen LogP contribution in [0.4, 0.5) is 42.6 Å². The maximum atomic E-state index is 13.7. The third-order valence-electron chi connectivity index (χ3n) is 13.6. The molecule has 0 aliphatic carbocycles. The highest BCUT2D eigenvalue weighted by atomic mass is 32.2. The van der Waals surface area contributed by atoms with Gasteiger partial charge in [-0.2, -0.15) is 9.97 Å². The molecule has 2 aromatic heterocycles. The summed E-state index contributed by atoms with van der Waals surface area (Å²) in [6.45, 7) is 4.37. The number of hydrogen-bond acceptors (Lipinski definition) is 19. The summed E-state index contributed by atoms with van der Waals surface area (Å²) in [5.74, 6) is -1.30. The molecule has 0 radical (unpaired) electrons. The first-order valence-electron chi connectivity index (χ1n) is 24.4. The molecule has 3 N–H and O–H groups in total. The molecule has 0 saturated carbocycles. The summed E-state index contributed by atoms with van der Waals surface area (Å²) in [7, 11) is -3.78. The maximum Gasteiger partial charge on any atom is 0.515 e. The van der Waals surface area contributed by atoms with Gasteiger partial charge in [-0.05, 0) is 117 Å². The van der Waals surface area contributed by atoms with Gasteiger partial charge >= 0.3 is 12.3 Å². The van der Waals surface area contributed by atoms with Crippen molar-refractivity contribution >= 4 is 99.5 Å². The van der Waals surface area contributed by atoms with E-state index in [1.165, 1.54) is 10.8 Å². The van der Waals surface area contributed by atoms with Crippen molar-refractivity contribution in [2.24, 2.45) is 11.8 Å². The Labute approximate surface area is 446 Å². The zero-order chi connectivity index (χ0) is 53.7. The quantitative estimate of drug-likeness (QED) is 0.0909. The molecule has 4 aliphatic heterocycles. The predicted molar refractivity (Wildman–Crippen MR) is 282 cm³/mol. The van der Waals surface area contributed by atoms with E-state index >= 15 is 0 Å². The summed E-state index contributed by atoms with van der Waals surface area (Å²) in [5.41, 5.74) is 3.58. The number of carboxylic acid groups (broad SMARTS) is 1. The third-order valence-corrected chi connectivity index (χ3v) is 18.8. The number of para-hydroxylation sites is 2. The van der Waals surface area contributed by atoms with Crippen LogP contribution in [0.25, 0.3) is 0 Å². The van der Waals surface area contributed by atoms with Crippen molar-refractivity contribution in [1.29, 1.82) is 0 Å². The van der Waals surface area contributed by atoms with Crippen LogP contribution in [0.15, 0.2) is 115 Å². The Hall–Kier alpha value is -6.96. The molecule has 0 bridgehead atoms. The molecule has 2 atom stereocenters. The van der Waals surface area contributed by atoms with Gasteiger partial charge in [0.05, 0.1) is 71.5 Å². The van der Waals surface area contributed by atoms with Gasteiger partial charge in [0.2, 0.25) is 43.2 Å². The van der Waals surface area contributed by atoms with Crippen LogP contribution in [0.2, 0.25) is 0 Å². The standard InChI is InChI=1S/C27H29N3O7S2.C25H25N3O7S2/c1-3-36-27(32)37-24-16-38-26(28-24)29-25(31)19(14-17-10-12-35-13-11-17)18-8-9-23-21(15-18)30(2)20-6-4-5-7-22(20)39(23,33)34;1-28-18-4-2-3-5-20(18)37(32,33)21-7-6-16(13-19(21)28)17(12-15-8-10-34-11-9-15)23(29)27-24-26-22(14-36-24)35-25(30)31/h4-9,15-17,19H,3,10-14H2,1-2H3,(H,28,29,31);2-7,13-15,17H,8-12H2,1H3,(H,30,31)(H,26,27,29). The second kappa shape index (κ2) is 23.1. The van der Waals surface area contributed by atoms with E-state index in [0.29, 0.717) is 73.1 Å². The summed E-state index contributed by atoms with van der Waals surface area (Å²) >= 11 is 2.18. The van der Waals surface area contributed by atoms with Gasteiger partial charge in [0.25, 0.3) is 0 Å². The molecule has 20 nitrogen and oxygen atoms in total. The molecule has 4 aromatic carbocycles. The summed E-state index contributed by atoms with van der Waals surface area (Å²) in [5, 5.41) is 17.8. The lowest BCUT2D eigenvalue weighted by molar-refractivity contribution is -0.119. The lowest BCUT2D eigenvalue weighted by Crippen LogP contribution is -2.27. The maximum absolute atomic E-state index is 13.7. The first-order chi connectivity index (χ1) is 36.5. The minimum absolute atomic E-state index is 0.0361. The molecule has 2 fully saturated rings. The number of aromatic nitrogens is 2. The van der Waals surface area contributed by atoms with Gasteiger partial charge in [-0.15, -0.1) is 22.7 Å². The molecule has 2 unspecified atom stereocenters. The van der Waals surface area contributed by atoms with Crippen LogP contribution >= 0.6 is 22.7 Å². The van der Waals surface area contributed by atoms with E-state index in [4.69, 9.17) is 24.1 Å². The number of carbonyl (C=O) groups is 4. The van der Waals surface area contributed by atoms with Crippen molar-refractivity contribution in [3.05, 3.63) is 107 Å². The van der Waals surface area contributed by atoms with Crippen LogP contribution in [-0.4, -0.2) is 103 Å². The van der Waals surface area contributed by atoms with Crippen LogP contribution in [0.3, 0.4) is 0 Å². The smallest absolute Gasteiger partial charge is 0.449 e. The number of amides is 2. The molecule has 10 rings (SSSR count). The van der Waals surface area contributed by atoms with Crippen molar-refractivity contribution in [3.63, 3.8) is 0 Å². The van der Waals surface area contributed by atoms with Crippen molar-refractivity contribution < 1.29 is 64.8 Å². The Kier molecular flexibility index (Phi) is 16.4. The molecule has 400 valence electrons. The fraction of sp³-hybridized carbons (Fsp3) is 0.346. The fourth-order valence-electron chi connectivity index (χ4n) is 9.75. The molecule has 76 heavy (non-hydrogen) atoms. The number of hydrogen-bond donors (Lipinski definition) is 3. The summed E-state index contributed by atoms with van der Waals surface area (Å²) < 4.78 is 78.7. The van der Waals surface area contributed by atoms with Crippen LogP contribution in [0, 0.1) is 11.8 Å². The van der Waals surface area contributed by atoms with E-state index in [-0.39, 0.29) is 71.9 Å². The van der Waals surface area contributed by atoms with Gasteiger partial charge in [-0.3, -0.25) is 9.59 Å². The van der Waals surface area contributed by atoms with E-state index in [1.54, 1.807) is 91.9 Å². The number of carbonyl (C=O) groups excluding carboxylic acids is 3. The molecule has 0 spiro atoms. The summed E-state index contributed by atoms with van der Waals surface area (Å²) in [6.07, 6.45) is 2.08. The van der Waals surface area contributed by atoms with Gasteiger partial charge < -0.3 is 49.2 Å². The van der Waals surface area contributed by atoms with E-state index < -0.39 is 43.8 Å². The number of anilines is 6. The number of benzene rings is 4. The summed E-state index contributed by atoms with van der Waals surface area (Å²) in [4.78, 5) is 62.3. The minimum Gasteiger partial charge on any atom is -0.449 e. The minimum atomic E-state index is -3.71. The normalized spacial score (nSPS) is 17.2. The van der Waals surface area contributed by atoms with Crippen molar-refractivity contribution in [2.75, 3.05) is 67.6 Å². The van der Waals surface area contributed by atoms with Crippen LogP contribution in [0.1, 0.15) is 68.4 Å². The molecule has 6 aromatic rings. The summed E-state index contributed by atoms with van der Waals surface area (Å²) in [6, 6.07) is 23.9. The second-order valence-electron chi connectivity index (χ2n) is 18.3. The number of nitrogens with one attached hydrogen (secondary N) is 2. The van der Waals surface area contributed by atoms with Gasteiger partial charge in [-0.1, -0.05) is 36.4 Å². The van der Waals surface area contributed by atoms with Crippen LogP contribution < -0.4 is 29.9 Å². The first kappa shape index (κ1) is 53.9. The van der Waals surface area contributed by atoms with Crippen molar-refractivity contribution in [2.45, 2.75) is 76.9 Å². The van der Waals surface area contributed by atoms with E-state index in [9.17, 15) is 36.0 Å². The van der Waals surface area contributed by atoms with Crippen LogP contribution in [-0.2, 0) is 43.5 Å². The number of thiazole rings is 2. The van der Waals surface area contributed by atoms with E-state index in [0.717, 1.165) is 48.4 Å². The Balaban J connectivity index is 0.000000186. The SMILES string of the molecule is CCOC(=O)Oc1csc(NC(=O)C(CC2CCOCC2)c2ccc3c(c2)N(C)c2ccccc2S3(=O)=O)n1.CN1c2ccccc2S(=O)(=O)c2ccc(C(CC3CCOCC3)C(=O)Nc3nc(OC(=O)O)cs3)cc21. The molecule has 4 aliphatic rings. The zero-order valence-corrected chi connectivity index (χ0v) is 44.8.